The SMILES string of the molecule is CC(C)(C)OC(=O)NCC1CCCCN1C(=O)/C=C/c1c(F)cccc1F. The molecule has 0 saturated carbocycles. The fourth-order valence-electron chi connectivity index (χ4n) is 2.94. The summed E-state index contributed by atoms with van der Waals surface area (Å²) in [5, 5.41) is 2.69. The van der Waals surface area contributed by atoms with Crippen LogP contribution in [-0.2, 0) is 9.53 Å². The van der Waals surface area contributed by atoms with E-state index in [-0.39, 0.29) is 24.1 Å². The minimum absolute atomic E-state index is 0.186. The average Bonchev–Trinajstić information content (AvgIpc) is 2.58. The van der Waals surface area contributed by atoms with Crippen molar-refractivity contribution in [2.24, 2.45) is 0 Å². The number of rotatable bonds is 4. The van der Waals surface area contributed by atoms with E-state index in [0.29, 0.717) is 6.54 Å². The van der Waals surface area contributed by atoms with E-state index in [1.807, 2.05) is 0 Å². The van der Waals surface area contributed by atoms with Crippen LogP contribution in [0.1, 0.15) is 45.6 Å². The van der Waals surface area contributed by atoms with Crippen molar-refractivity contribution in [3.05, 3.63) is 41.5 Å². The number of likely N-dealkylation sites (tertiary alicyclic amines) is 1. The summed E-state index contributed by atoms with van der Waals surface area (Å²) < 4.78 is 32.6. The van der Waals surface area contributed by atoms with Gasteiger partial charge in [-0.05, 0) is 58.2 Å². The van der Waals surface area contributed by atoms with Gasteiger partial charge in [0.1, 0.15) is 17.2 Å². The first kappa shape index (κ1) is 20.9. The Kier molecular flexibility index (Phi) is 6.93. The highest BCUT2D eigenvalue weighted by atomic mass is 19.1. The topological polar surface area (TPSA) is 58.6 Å². The number of nitrogens with one attached hydrogen (secondary N) is 1. The molecule has 0 spiro atoms. The van der Waals surface area contributed by atoms with E-state index < -0.39 is 23.3 Å². The van der Waals surface area contributed by atoms with Crippen LogP contribution < -0.4 is 5.32 Å². The number of ether oxygens (including phenoxy) is 1. The lowest BCUT2D eigenvalue weighted by Crippen LogP contribution is -2.49. The molecule has 1 unspecified atom stereocenters. The summed E-state index contributed by atoms with van der Waals surface area (Å²) in [6, 6.07) is 3.37. The average molecular weight is 380 g/mol. The van der Waals surface area contributed by atoms with Crippen molar-refractivity contribution in [2.75, 3.05) is 13.1 Å². The zero-order valence-corrected chi connectivity index (χ0v) is 15.9. The highest BCUT2D eigenvalue weighted by Crippen LogP contribution is 2.19. The van der Waals surface area contributed by atoms with Crippen LogP contribution in [0.25, 0.3) is 6.08 Å². The van der Waals surface area contributed by atoms with Crippen molar-refractivity contribution in [2.45, 2.75) is 51.7 Å². The molecule has 7 heteroatoms. The first-order chi connectivity index (χ1) is 12.7. The van der Waals surface area contributed by atoms with Gasteiger partial charge in [-0.15, -0.1) is 0 Å². The standard InChI is InChI=1S/C20H26F2N2O3/c1-20(2,3)27-19(26)23-13-14-7-4-5-12-24(14)18(25)11-10-15-16(21)8-6-9-17(15)22/h6,8-11,14H,4-5,7,12-13H2,1-3H3,(H,23,26)/b11-10+. The van der Waals surface area contributed by atoms with Gasteiger partial charge in [0.15, 0.2) is 0 Å². The Labute approximate surface area is 158 Å². The van der Waals surface area contributed by atoms with Crippen molar-refractivity contribution in [1.82, 2.24) is 10.2 Å². The van der Waals surface area contributed by atoms with Crippen molar-refractivity contribution in [1.29, 1.82) is 0 Å². The third-order valence-electron chi connectivity index (χ3n) is 4.18. The lowest BCUT2D eigenvalue weighted by atomic mass is 10.0. The Hall–Kier alpha value is -2.44. The zero-order chi connectivity index (χ0) is 20.0. The lowest BCUT2D eigenvalue weighted by Gasteiger charge is -2.35. The highest BCUT2D eigenvalue weighted by Gasteiger charge is 2.26. The number of benzene rings is 1. The van der Waals surface area contributed by atoms with Gasteiger partial charge in [0.2, 0.25) is 5.91 Å². The Bertz CT molecular complexity index is 693. The Morgan fingerprint density at radius 2 is 1.93 bits per heavy atom. The number of hydrogen-bond acceptors (Lipinski definition) is 3. The molecule has 5 nitrogen and oxygen atoms in total. The largest absolute Gasteiger partial charge is 0.444 e. The first-order valence-corrected chi connectivity index (χ1v) is 9.07. The summed E-state index contributed by atoms with van der Waals surface area (Å²) in [5.41, 5.74) is -0.843. The minimum atomic E-state index is -0.721. The maximum Gasteiger partial charge on any atom is 0.407 e. The molecule has 1 N–H and O–H groups in total. The molecule has 0 bridgehead atoms. The number of carbonyl (C=O) groups excluding carboxylic acids is 2. The molecule has 2 rings (SSSR count). The number of carbonyl (C=O) groups is 2. The number of piperidine rings is 1. The van der Waals surface area contributed by atoms with Gasteiger partial charge >= 0.3 is 6.09 Å². The van der Waals surface area contributed by atoms with Crippen molar-refractivity contribution < 1.29 is 23.1 Å². The van der Waals surface area contributed by atoms with Gasteiger partial charge in [0.25, 0.3) is 0 Å². The van der Waals surface area contributed by atoms with E-state index in [1.165, 1.54) is 12.1 Å². The van der Waals surface area contributed by atoms with Gasteiger partial charge in [0, 0.05) is 30.8 Å². The van der Waals surface area contributed by atoms with Crippen molar-refractivity contribution in [3.8, 4) is 0 Å². The monoisotopic (exact) mass is 380 g/mol. The Morgan fingerprint density at radius 1 is 1.26 bits per heavy atom. The molecule has 1 aliphatic heterocycles. The molecular weight excluding hydrogens is 354 g/mol. The second-order valence-electron chi connectivity index (χ2n) is 7.53. The van der Waals surface area contributed by atoms with E-state index >= 15 is 0 Å². The summed E-state index contributed by atoms with van der Waals surface area (Å²) in [4.78, 5) is 26.0. The summed E-state index contributed by atoms with van der Waals surface area (Å²) >= 11 is 0. The zero-order valence-electron chi connectivity index (χ0n) is 15.9. The van der Waals surface area contributed by atoms with Crippen LogP contribution in [-0.4, -0.2) is 41.6 Å². The lowest BCUT2D eigenvalue weighted by molar-refractivity contribution is -0.129. The molecule has 0 aromatic heterocycles. The smallest absolute Gasteiger partial charge is 0.407 e. The predicted octanol–water partition coefficient (Wildman–Crippen LogP) is 3.88. The normalized spacial score (nSPS) is 17.8. The molecule has 148 valence electrons. The Morgan fingerprint density at radius 3 is 2.56 bits per heavy atom. The number of hydrogen-bond donors (Lipinski definition) is 1. The molecule has 1 heterocycles. The van der Waals surface area contributed by atoms with Crippen LogP contribution >= 0.6 is 0 Å². The molecule has 1 aromatic rings. The van der Waals surface area contributed by atoms with Crippen LogP contribution in [0.2, 0.25) is 0 Å². The summed E-state index contributed by atoms with van der Waals surface area (Å²) in [6.45, 7) is 6.12. The van der Waals surface area contributed by atoms with Gasteiger partial charge in [-0.25, -0.2) is 13.6 Å². The summed E-state index contributed by atoms with van der Waals surface area (Å²) in [5.74, 6) is -1.78. The molecule has 1 aromatic carbocycles. The van der Waals surface area contributed by atoms with E-state index in [9.17, 15) is 18.4 Å². The van der Waals surface area contributed by atoms with Gasteiger partial charge in [-0.3, -0.25) is 4.79 Å². The van der Waals surface area contributed by atoms with Gasteiger partial charge < -0.3 is 15.0 Å². The third-order valence-corrected chi connectivity index (χ3v) is 4.18. The highest BCUT2D eigenvalue weighted by molar-refractivity contribution is 5.92. The van der Waals surface area contributed by atoms with Crippen LogP contribution in [0.4, 0.5) is 13.6 Å². The molecule has 2 amide bonds. The van der Waals surface area contributed by atoms with Gasteiger partial charge in [-0.2, -0.15) is 0 Å². The van der Waals surface area contributed by atoms with Gasteiger partial charge in [0.05, 0.1) is 0 Å². The fraction of sp³-hybridized carbons (Fsp3) is 0.500. The van der Waals surface area contributed by atoms with Crippen LogP contribution in [0.3, 0.4) is 0 Å². The second-order valence-corrected chi connectivity index (χ2v) is 7.53. The molecule has 1 atom stereocenters. The maximum absolute atomic E-state index is 13.7. The molecule has 1 aliphatic rings. The van der Waals surface area contributed by atoms with Gasteiger partial charge in [-0.1, -0.05) is 6.07 Å². The fourth-order valence-corrected chi connectivity index (χ4v) is 2.94. The number of amides is 2. The number of alkyl carbamates (subject to hydrolysis) is 1. The molecule has 0 radical (unpaired) electrons. The van der Waals surface area contributed by atoms with E-state index in [1.54, 1.807) is 25.7 Å². The quantitative estimate of drug-likeness (QED) is 0.807. The van der Waals surface area contributed by atoms with Crippen LogP contribution in [0.15, 0.2) is 24.3 Å². The number of nitrogens with zero attached hydrogens (tertiary/aromatic N) is 1. The number of halogens is 2. The van der Waals surface area contributed by atoms with E-state index in [2.05, 4.69) is 5.32 Å². The molecule has 1 saturated heterocycles. The summed E-state index contributed by atoms with van der Waals surface area (Å²) in [7, 11) is 0. The molecule has 1 fully saturated rings. The predicted molar refractivity (Wildman–Crippen MR) is 99.0 cm³/mol. The minimum Gasteiger partial charge on any atom is -0.444 e. The Balaban J connectivity index is 2.00. The van der Waals surface area contributed by atoms with Crippen molar-refractivity contribution >= 4 is 18.1 Å². The van der Waals surface area contributed by atoms with Crippen molar-refractivity contribution in [3.63, 3.8) is 0 Å². The summed E-state index contributed by atoms with van der Waals surface area (Å²) in [6.07, 6.45) is 4.31. The van der Waals surface area contributed by atoms with Crippen LogP contribution in [0.5, 0.6) is 0 Å². The molecule has 0 aliphatic carbocycles. The van der Waals surface area contributed by atoms with E-state index in [0.717, 1.165) is 37.5 Å². The molecular formula is C20H26F2N2O3. The second kappa shape index (κ2) is 8.97. The first-order valence-electron chi connectivity index (χ1n) is 9.07. The van der Waals surface area contributed by atoms with Crippen LogP contribution in [0, 0.1) is 11.6 Å². The third kappa shape index (κ3) is 6.34. The van der Waals surface area contributed by atoms with E-state index in [4.69, 9.17) is 4.74 Å². The maximum atomic E-state index is 13.7. The molecule has 27 heavy (non-hydrogen) atoms.